The summed E-state index contributed by atoms with van der Waals surface area (Å²) in [5, 5.41) is 17.2. The van der Waals surface area contributed by atoms with Crippen LogP contribution in [0.15, 0.2) is 78.9 Å². The summed E-state index contributed by atoms with van der Waals surface area (Å²) in [6, 6.07) is 26.2. The average Bonchev–Trinajstić information content (AvgIpc) is 3.33. The van der Waals surface area contributed by atoms with Crippen LogP contribution in [0.4, 0.5) is 5.69 Å². The first-order valence-electron chi connectivity index (χ1n) is 8.75. The van der Waals surface area contributed by atoms with E-state index in [1.165, 1.54) is 0 Å². The fraction of sp³-hybridized carbons (Fsp3) is 0.100. The van der Waals surface area contributed by atoms with Crippen LogP contribution in [0.2, 0.25) is 0 Å². The van der Waals surface area contributed by atoms with Gasteiger partial charge in [-0.3, -0.25) is 0 Å². The molecule has 0 unspecified atom stereocenters. The minimum atomic E-state index is 0.554. The molecule has 7 heteroatoms. The van der Waals surface area contributed by atoms with Gasteiger partial charge in [0, 0.05) is 5.69 Å². The lowest BCUT2D eigenvalue weighted by Gasteiger charge is -2.24. The van der Waals surface area contributed by atoms with Gasteiger partial charge < -0.3 is 4.90 Å². The van der Waals surface area contributed by atoms with Crippen molar-refractivity contribution in [3.63, 3.8) is 0 Å². The van der Waals surface area contributed by atoms with E-state index >= 15 is 0 Å². The van der Waals surface area contributed by atoms with Gasteiger partial charge in [0.05, 0.1) is 11.0 Å². The number of hydrogen-bond donors (Lipinski definition) is 0. The van der Waals surface area contributed by atoms with Gasteiger partial charge in [0.15, 0.2) is 0 Å². The fourth-order valence-corrected chi connectivity index (χ4v) is 3.21. The number of aromatic nitrogens is 6. The van der Waals surface area contributed by atoms with Gasteiger partial charge in [0.1, 0.15) is 24.4 Å². The highest BCUT2D eigenvalue weighted by atomic mass is 15.5. The molecule has 3 aromatic carbocycles. The van der Waals surface area contributed by atoms with E-state index in [4.69, 9.17) is 0 Å². The summed E-state index contributed by atoms with van der Waals surface area (Å²) >= 11 is 0. The van der Waals surface area contributed by atoms with Crippen molar-refractivity contribution in [1.29, 1.82) is 0 Å². The summed E-state index contributed by atoms with van der Waals surface area (Å²) in [4.78, 5) is 2.20. The second-order valence-electron chi connectivity index (χ2n) is 6.31. The number of benzene rings is 3. The van der Waals surface area contributed by atoms with Crippen LogP contribution in [0, 0.1) is 0 Å². The molecule has 0 aliphatic carbocycles. The number of nitrogens with zero attached hydrogens (tertiary/aromatic N) is 7. The normalized spacial score (nSPS) is 11.3. The monoisotopic (exact) mass is 355 g/mol. The van der Waals surface area contributed by atoms with Crippen molar-refractivity contribution in [1.82, 2.24) is 30.0 Å². The molecule has 0 N–H and O–H groups in total. The molecule has 2 aromatic heterocycles. The molecule has 0 spiro atoms. The van der Waals surface area contributed by atoms with Crippen molar-refractivity contribution in [2.24, 2.45) is 0 Å². The second kappa shape index (κ2) is 6.53. The third-order valence-electron chi connectivity index (χ3n) is 4.57. The molecule has 0 saturated heterocycles. The van der Waals surface area contributed by atoms with Crippen LogP contribution in [0.5, 0.6) is 0 Å². The molecular weight excluding hydrogens is 338 g/mol. The lowest BCUT2D eigenvalue weighted by molar-refractivity contribution is 0.498. The topological polar surface area (TPSA) is 64.7 Å². The Morgan fingerprint density at radius 3 is 1.63 bits per heavy atom. The highest BCUT2D eigenvalue weighted by Gasteiger charge is 2.13. The molecule has 0 aliphatic rings. The second-order valence-corrected chi connectivity index (χ2v) is 6.31. The van der Waals surface area contributed by atoms with Crippen molar-refractivity contribution in [3.05, 3.63) is 78.9 Å². The van der Waals surface area contributed by atoms with Crippen molar-refractivity contribution in [3.8, 4) is 0 Å². The molecule has 0 aliphatic heterocycles. The molecule has 132 valence electrons. The number of para-hydroxylation sites is 3. The van der Waals surface area contributed by atoms with E-state index in [0.717, 1.165) is 27.8 Å². The van der Waals surface area contributed by atoms with Crippen LogP contribution in [0.3, 0.4) is 0 Å². The minimum Gasteiger partial charge on any atom is -0.332 e. The zero-order valence-corrected chi connectivity index (χ0v) is 14.6. The lowest BCUT2D eigenvalue weighted by atomic mass is 10.3. The standard InChI is InChI=1S/C20H17N7/c1-2-8-16(9-3-1)25(14-26-19-12-6-4-10-17(19)21-23-26)15-27-20-13-7-5-11-18(20)22-24-27/h1-13H,14-15H2. The Bertz CT molecular complexity index is 1120. The summed E-state index contributed by atoms with van der Waals surface area (Å²) < 4.78 is 3.81. The van der Waals surface area contributed by atoms with Crippen molar-refractivity contribution in [2.45, 2.75) is 13.3 Å². The molecule has 27 heavy (non-hydrogen) atoms. The Morgan fingerprint density at radius 1 is 0.593 bits per heavy atom. The van der Waals surface area contributed by atoms with Crippen molar-refractivity contribution >= 4 is 27.8 Å². The van der Waals surface area contributed by atoms with E-state index in [0.29, 0.717) is 13.3 Å². The molecule has 0 bridgehead atoms. The van der Waals surface area contributed by atoms with Crippen LogP contribution in [0.1, 0.15) is 0 Å². The SMILES string of the molecule is c1ccc(N(Cn2nnc3ccccc32)Cn2nnc3ccccc32)cc1. The van der Waals surface area contributed by atoms with E-state index in [1.807, 2.05) is 76.1 Å². The van der Waals surface area contributed by atoms with Gasteiger partial charge in [-0.05, 0) is 36.4 Å². The smallest absolute Gasteiger partial charge is 0.116 e. The molecule has 5 aromatic rings. The summed E-state index contributed by atoms with van der Waals surface area (Å²) in [6.07, 6.45) is 0. The Labute approximate surface area is 155 Å². The van der Waals surface area contributed by atoms with Crippen LogP contribution in [0.25, 0.3) is 22.1 Å². The third-order valence-corrected chi connectivity index (χ3v) is 4.57. The molecule has 0 radical (unpaired) electrons. The zero-order valence-electron chi connectivity index (χ0n) is 14.6. The van der Waals surface area contributed by atoms with Crippen molar-refractivity contribution < 1.29 is 0 Å². The summed E-state index contributed by atoms with van der Waals surface area (Å²) in [5.74, 6) is 0. The largest absolute Gasteiger partial charge is 0.332 e. The van der Waals surface area contributed by atoms with Crippen LogP contribution in [-0.4, -0.2) is 30.0 Å². The predicted octanol–water partition coefficient (Wildman–Crippen LogP) is 3.30. The fourth-order valence-electron chi connectivity index (χ4n) is 3.21. The lowest BCUT2D eigenvalue weighted by Crippen LogP contribution is -2.29. The highest BCUT2D eigenvalue weighted by Crippen LogP contribution is 2.19. The molecular formula is C20H17N7. The van der Waals surface area contributed by atoms with Crippen LogP contribution >= 0.6 is 0 Å². The first-order chi connectivity index (χ1) is 13.4. The van der Waals surface area contributed by atoms with E-state index in [1.54, 1.807) is 0 Å². The van der Waals surface area contributed by atoms with Gasteiger partial charge in [-0.2, -0.15) is 0 Å². The molecule has 0 saturated carbocycles. The van der Waals surface area contributed by atoms with Gasteiger partial charge in [-0.1, -0.05) is 52.9 Å². The Hall–Kier alpha value is -3.74. The summed E-state index contributed by atoms with van der Waals surface area (Å²) in [5.41, 5.74) is 4.86. The Kier molecular flexibility index (Phi) is 3.75. The summed E-state index contributed by atoms with van der Waals surface area (Å²) in [7, 11) is 0. The molecule has 0 fully saturated rings. The third kappa shape index (κ3) is 2.89. The average molecular weight is 355 g/mol. The maximum Gasteiger partial charge on any atom is 0.116 e. The van der Waals surface area contributed by atoms with E-state index in [9.17, 15) is 0 Å². The van der Waals surface area contributed by atoms with Crippen LogP contribution < -0.4 is 4.90 Å². The number of rotatable bonds is 5. The van der Waals surface area contributed by atoms with Gasteiger partial charge in [-0.15, -0.1) is 10.2 Å². The molecule has 7 nitrogen and oxygen atoms in total. The first kappa shape index (κ1) is 15.5. The van der Waals surface area contributed by atoms with E-state index in [2.05, 4.69) is 37.7 Å². The molecule has 5 rings (SSSR count). The van der Waals surface area contributed by atoms with Gasteiger partial charge >= 0.3 is 0 Å². The van der Waals surface area contributed by atoms with E-state index < -0.39 is 0 Å². The molecule has 0 atom stereocenters. The highest BCUT2D eigenvalue weighted by molar-refractivity contribution is 5.74. The quantitative estimate of drug-likeness (QED) is 0.484. The summed E-state index contributed by atoms with van der Waals surface area (Å²) in [6.45, 7) is 1.11. The predicted molar refractivity (Wildman–Crippen MR) is 104 cm³/mol. The van der Waals surface area contributed by atoms with Crippen LogP contribution in [-0.2, 0) is 13.3 Å². The first-order valence-corrected chi connectivity index (χ1v) is 8.75. The zero-order chi connectivity index (χ0) is 18.1. The minimum absolute atomic E-state index is 0.554. The molecule has 0 amide bonds. The number of fused-ring (bicyclic) bond motifs is 2. The van der Waals surface area contributed by atoms with E-state index in [-0.39, 0.29) is 0 Å². The maximum atomic E-state index is 4.33. The Balaban J connectivity index is 1.53. The van der Waals surface area contributed by atoms with Crippen molar-refractivity contribution in [2.75, 3.05) is 4.90 Å². The van der Waals surface area contributed by atoms with Gasteiger partial charge in [0.25, 0.3) is 0 Å². The Morgan fingerprint density at radius 2 is 1.07 bits per heavy atom. The van der Waals surface area contributed by atoms with Gasteiger partial charge in [-0.25, -0.2) is 9.36 Å². The number of anilines is 1. The number of hydrogen-bond acceptors (Lipinski definition) is 5. The molecule has 2 heterocycles. The maximum absolute atomic E-state index is 4.33. The van der Waals surface area contributed by atoms with Gasteiger partial charge in [0.2, 0.25) is 0 Å².